The topological polar surface area (TPSA) is 107 Å². The van der Waals surface area contributed by atoms with Gasteiger partial charge in [0.1, 0.15) is 5.82 Å². The Morgan fingerprint density at radius 3 is 2.71 bits per heavy atom. The highest BCUT2D eigenvalue weighted by Gasteiger charge is 2.44. The van der Waals surface area contributed by atoms with E-state index in [0.717, 1.165) is 0 Å². The van der Waals surface area contributed by atoms with Gasteiger partial charge in [-0.15, -0.1) is 0 Å². The highest BCUT2D eigenvalue weighted by atomic mass is 19.1. The molecule has 2 rings (SSSR count). The molecule has 114 valence electrons. The number of hydrogen-bond donors (Lipinski definition) is 2. The minimum atomic E-state index is -1.32. The van der Waals surface area contributed by atoms with E-state index >= 15 is 0 Å². The molecule has 2 atom stereocenters. The van der Waals surface area contributed by atoms with E-state index in [0.29, 0.717) is 12.1 Å². The maximum atomic E-state index is 13.6. The SMILES string of the molecule is CC1(C(=O)Nc2cc([N+](=O)[O-])c(F)cc2F)COCC1N. The van der Waals surface area contributed by atoms with Gasteiger partial charge in [0.2, 0.25) is 11.7 Å². The molecule has 0 saturated carbocycles. The number of benzene rings is 1. The number of carbonyl (C=O) groups excluding carboxylic acids is 1. The standard InChI is InChI=1S/C12H13F2N3O4/c1-12(5-21-4-10(12)15)11(18)16-8-3-9(17(19)20)7(14)2-6(8)13/h2-3,10H,4-5,15H2,1H3,(H,16,18). The molecule has 1 heterocycles. The van der Waals surface area contributed by atoms with Crippen LogP contribution in [-0.4, -0.2) is 30.1 Å². The summed E-state index contributed by atoms with van der Waals surface area (Å²) in [4.78, 5) is 21.8. The molecule has 9 heteroatoms. The van der Waals surface area contributed by atoms with Gasteiger partial charge in [0.25, 0.3) is 0 Å². The Kier molecular flexibility index (Phi) is 3.88. The van der Waals surface area contributed by atoms with Crippen LogP contribution in [0.25, 0.3) is 0 Å². The molecule has 1 aliphatic rings. The van der Waals surface area contributed by atoms with Crippen LogP contribution in [0.4, 0.5) is 20.2 Å². The van der Waals surface area contributed by atoms with Crippen LogP contribution in [0, 0.1) is 27.2 Å². The van der Waals surface area contributed by atoms with Crippen molar-refractivity contribution < 1.29 is 23.2 Å². The number of nitro groups is 1. The van der Waals surface area contributed by atoms with Crippen molar-refractivity contribution in [1.29, 1.82) is 0 Å². The molecule has 2 unspecified atom stereocenters. The van der Waals surface area contributed by atoms with Crippen molar-refractivity contribution in [3.05, 3.63) is 33.9 Å². The molecule has 21 heavy (non-hydrogen) atoms. The molecule has 1 aromatic carbocycles. The summed E-state index contributed by atoms with van der Waals surface area (Å²) >= 11 is 0. The first-order valence-electron chi connectivity index (χ1n) is 6.04. The first-order valence-corrected chi connectivity index (χ1v) is 6.04. The maximum absolute atomic E-state index is 13.6. The molecule has 1 aromatic rings. The Hall–Kier alpha value is -2.13. The summed E-state index contributed by atoms with van der Waals surface area (Å²) in [6.45, 7) is 1.76. The number of nitrogens with zero attached hydrogens (tertiary/aromatic N) is 1. The summed E-state index contributed by atoms with van der Waals surface area (Å²) in [7, 11) is 0. The van der Waals surface area contributed by atoms with Crippen LogP contribution in [0.1, 0.15) is 6.92 Å². The van der Waals surface area contributed by atoms with E-state index in [9.17, 15) is 23.7 Å². The van der Waals surface area contributed by atoms with Crippen LogP contribution in [-0.2, 0) is 9.53 Å². The van der Waals surface area contributed by atoms with Crippen molar-refractivity contribution in [2.45, 2.75) is 13.0 Å². The second-order valence-corrected chi connectivity index (χ2v) is 5.03. The van der Waals surface area contributed by atoms with Gasteiger partial charge in [0.05, 0.1) is 29.2 Å². The summed E-state index contributed by atoms with van der Waals surface area (Å²) < 4.78 is 31.9. The molecular formula is C12H13F2N3O4. The molecule has 0 spiro atoms. The first-order chi connectivity index (χ1) is 9.75. The lowest BCUT2D eigenvalue weighted by Gasteiger charge is -2.25. The third-order valence-corrected chi connectivity index (χ3v) is 3.52. The molecule has 3 N–H and O–H groups in total. The molecule has 0 aliphatic carbocycles. The molecule has 1 aliphatic heterocycles. The van der Waals surface area contributed by atoms with Crippen LogP contribution in [0.3, 0.4) is 0 Å². The highest BCUT2D eigenvalue weighted by molar-refractivity contribution is 5.96. The summed E-state index contributed by atoms with van der Waals surface area (Å²) in [5, 5.41) is 12.8. The normalized spacial score (nSPS) is 24.9. The molecule has 7 nitrogen and oxygen atoms in total. The van der Waals surface area contributed by atoms with Gasteiger partial charge in [0.15, 0.2) is 0 Å². The zero-order valence-corrected chi connectivity index (χ0v) is 11.1. The van der Waals surface area contributed by atoms with E-state index in [2.05, 4.69) is 5.32 Å². The van der Waals surface area contributed by atoms with Gasteiger partial charge in [-0.3, -0.25) is 14.9 Å². The van der Waals surface area contributed by atoms with Crippen molar-refractivity contribution in [2.75, 3.05) is 18.5 Å². The molecule has 1 fully saturated rings. The number of halogens is 2. The predicted octanol–water partition coefficient (Wildman–Crippen LogP) is 1.18. The second kappa shape index (κ2) is 5.34. The number of nitro benzene ring substituents is 1. The lowest BCUT2D eigenvalue weighted by atomic mass is 9.85. The van der Waals surface area contributed by atoms with E-state index in [1.165, 1.54) is 6.92 Å². The smallest absolute Gasteiger partial charge is 0.307 e. The third-order valence-electron chi connectivity index (χ3n) is 3.52. The summed E-state index contributed by atoms with van der Waals surface area (Å²) in [6, 6.07) is 0.394. The summed E-state index contributed by atoms with van der Waals surface area (Å²) in [5.74, 6) is -3.07. The Bertz CT molecular complexity index is 610. The first kappa shape index (κ1) is 15.3. The zero-order chi connectivity index (χ0) is 15.8. The van der Waals surface area contributed by atoms with Crippen LogP contribution < -0.4 is 11.1 Å². The summed E-state index contributed by atoms with van der Waals surface area (Å²) in [6.07, 6.45) is 0. The fourth-order valence-electron chi connectivity index (χ4n) is 1.96. The maximum Gasteiger partial charge on any atom is 0.307 e. The van der Waals surface area contributed by atoms with Crippen LogP contribution >= 0.6 is 0 Å². The van der Waals surface area contributed by atoms with Gasteiger partial charge < -0.3 is 15.8 Å². The second-order valence-electron chi connectivity index (χ2n) is 5.03. The van der Waals surface area contributed by atoms with Gasteiger partial charge in [-0.1, -0.05) is 0 Å². The van der Waals surface area contributed by atoms with Crippen molar-refractivity contribution in [3.63, 3.8) is 0 Å². The Morgan fingerprint density at radius 2 is 2.19 bits per heavy atom. The predicted molar refractivity (Wildman–Crippen MR) is 68.5 cm³/mol. The Morgan fingerprint density at radius 1 is 1.52 bits per heavy atom. The molecular weight excluding hydrogens is 288 g/mol. The summed E-state index contributed by atoms with van der Waals surface area (Å²) in [5.41, 5.74) is 3.27. The molecule has 0 bridgehead atoms. The zero-order valence-electron chi connectivity index (χ0n) is 11.1. The molecule has 1 saturated heterocycles. The van der Waals surface area contributed by atoms with Gasteiger partial charge >= 0.3 is 5.69 Å². The van der Waals surface area contributed by atoms with Crippen LogP contribution in [0.5, 0.6) is 0 Å². The largest absolute Gasteiger partial charge is 0.379 e. The van der Waals surface area contributed by atoms with Gasteiger partial charge in [-0.05, 0) is 6.92 Å². The van der Waals surface area contributed by atoms with E-state index < -0.39 is 45.3 Å². The number of carbonyl (C=O) groups is 1. The Balaban J connectivity index is 2.29. The van der Waals surface area contributed by atoms with E-state index in [-0.39, 0.29) is 13.2 Å². The third kappa shape index (κ3) is 2.69. The molecule has 0 radical (unpaired) electrons. The van der Waals surface area contributed by atoms with Crippen molar-refractivity contribution >= 4 is 17.3 Å². The molecule has 0 aromatic heterocycles. The van der Waals surface area contributed by atoms with E-state index in [4.69, 9.17) is 10.5 Å². The quantitative estimate of drug-likeness (QED) is 0.643. The van der Waals surface area contributed by atoms with Crippen LogP contribution in [0.2, 0.25) is 0 Å². The average molecular weight is 301 g/mol. The fraction of sp³-hybridized carbons (Fsp3) is 0.417. The lowest BCUT2D eigenvalue weighted by molar-refractivity contribution is -0.387. The van der Waals surface area contributed by atoms with Gasteiger partial charge in [-0.2, -0.15) is 4.39 Å². The Labute approximate surface area is 118 Å². The van der Waals surface area contributed by atoms with E-state index in [1.54, 1.807) is 0 Å². The average Bonchev–Trinajstić information content (AvgIpc) is 2.73. The van der Waals surface area contributed by atoms with Crippen LogP contribution in [0.15, 0.2) is 12.1 Å². The number of nitrogens with two attached hydrogens (primary N) is 1. The van der Waals surface area contributed by atoms with E-state index in [1.807, 2.05) is 0 Å². The minimum Gasteiger partial charge on any atom is -0.379 e. The fourth-order valence-corrected chi connectivity index (χ4v) is 1.96. The number of rotatable bonds is 3. The number of anilines is 1. The monoisotopic (exact) mass is 301 g/mol. The lowest BCUT2D eigenvalue weighted by Crippen LogP contribution is -2.47. The van der Waals surface area contributed by atoms with Gasteiger partial charge in [0, 0.05) is 18.2 Å². The van der Waals surface area contributed by atoms with Crippen molar-refractivity contribution in [2.24, 2.45) is 11.1 Å². The number of nitrogens with one attached hydrogen (secondary N) is 1. The number of ether oxygens (including phenoxy) is 1. The van der Waals surface area contributed by atoms with Gasteiger partial charge in [-0.25, -0.2) is 4.39 Å². The minimum absolute atomic E-state index is 0.0465. The van der Waals surface area contributed by atoms with Crippen molar-refractivity contribution in [3.8, 4) is 0 Å². The number of hydrogen-bond acceptors (Lipinski definition) is 5. The van der Waals surface area contributed by atoms with Crippen molar-refractivity contribution in [1.82, 2.24) is 0 Å². The molecule has 1 amide bonds. The highest BCUT2D eigenvalue weighted by Crippen LogP contribution is 2.31. The number of amides is 1.